The number of nitrogens with one attached hydrogen (secondary N) is 2. The van der Waals surface area contributed by atoms with Crippen LogP contribution in [0, 0.1) is 17.3 Å². The highest BCUT2D eigenvalue weighted by Crippen LogP contribution is 2.39. The summed E-state index contributed by atoms with van der Waals surface area (Å²) in [5, 5.41) is 6.21. The zero-order valence-corrected chi connectivity index (χ0v) is 13.4. The maximum atomic E-state index is 11.5. The quantitative estimate of drug-likeness (QED) is 0.805. The van der Waals surface area contributed by atoms with Crippen LogP contribution < -0.4 is 10.6 Å². The number of hydrogen-bond acceptors (Lipinski definition) is 2. The highest BCUT2D eigenvalue weighted by atomic mass is 16.1. The average molecular weight is 268 g/mol. The summed E-state index contributed by atoms with van der Waals surface area (Å²) in [5.74, 6) is 1.73. The first-order valence-corrected chi connectivity index (χ1v) is 7.79. The predicted octanol–water partition coefficient (Wildman–Crippen LogP) is 2.95. The first kappa shape index (κ1) is 16.5. The zero-order valence-electron chi connectivity index (χ0n) is 13.4. The molecule has 0 aromatic rings. The van der Waals surface area contributed by atoms with Gasteiger partial charge in [-0.2, -0.15) is 0 Å². The van der Waals surface area contributed by atoms with E-state index in [1.165, 1.54) is 25.7 Å². The Bertz CT molecular complexity index is 273. The minimum atomic E-state index is 0.110. The van der Waals surface area contributed by atoms with E-state index in [0.29, 0.717) is 12.0 Å². The molecule has 1 rings (SSSR count). The van der Waals surface area contributed by atoms with Gasteiger partial charge in [-0.3, -0.25) is 4.79 Å². The van der Waals surface area contributed by atoms with Crippen LogP contribution >= 0.6 is 0 Å². The van der Waals surface area contributed by atoms with Gasteiger partial charge in [0.2, 0.25) is 5.91 Å². The molecule has 3 heteroatoms. The van der Waals surface area contributed by atoms with Crippen LogP contribution in [0.5, 0.6) is 0 Å². The maximum absolute atomic E-state index is 11.5. The van der Waals surface area contributed by atoms with E-state index in [-0.39, 0.29) is 11.9 Å². The van der Waals surface area contributed by atoms with Gasteiger partial charge in [-0.05, 0) is 63.3 Å². The van der Waals surface area contributed by atoms with E-state index in [1.54, 1.807) is 0 Å². The van der Waals surface area contributed by atoms with Crippen LogP contribution in [0.15, 0.2) is 0 Å². The average Bonchev–Trinajstić information content (AvgIpc) is 2.27. The summed E-state index contributed by atoms with van der Waals surface area (Å²) >= 11 is 0. The third-order valence-electron chi connectivity index (χ3n) is 4.24. The van der Waals surface area contributed by atoms with E-state index >= 15 is 0 Å². The Kier molecular flexibility index (Phi) is 6.31. The molecule has 2 N–H and O–H groups in total. The lowest BCUT2D eigenvalue weighted by Crippen LogP contribution is -2.39. The summed E-state index contributed by atoms with van der Waals surface area (Å²) in [6.45, 7) is 12.5. The molecular formula is C16H32N2O. The van der Waals surface area contributed by atoms with Gasteiger partial charge in [0.05, 0.1) is 6.54 Å². The molecule has 112 valence electrons. The lowest BCUT2D eigenvalue weighted by atomic mass is 9.70. The van der Waals surface area contributed by atoms with Crippen LogP contribution in [-0.2, 0) is 4.79 Å². The van der Waals surface area contributed by atoms with Crippen molar-refractivity contribution in [2.24, 2.45) is 17.3 Å². The summed E-state index contributed by atoms with van der Waals surface area (Å²) in [4.78, 5) is 11.5. The molecule has 0 spiro atoms. The fourth-order valence-electron chi connectivity index (χ4n) is 3.00. The van der Waals surface area contributed by atoms with Crippen LogP contribution in [0.1, 0.15) is 60.3 Å². The zero-order chi connectivity index (χ0) is 14.5. The van der Waals surface area contributed by atoms with E-state index < -0.39 is 0 Å². The minimum Gasteiger partial charge on any atom is -0.353 e. The highest BCUT2D eigenvalue weighted by Gasteiger charge is 2.29. The predicted molar refractivity (Wildman–Crippen MR) is 81.1 cm³/mol. The van der Waals surface area contributed by atoms with Crippen molar-refractivity contribution in [3.8, 4) is 0 Å². The van der Waals surface area contributed by atoms with Crippen molar-refractivity contribution in [3.63, 3.8) is 0 Å². The standard InChI is InChI=1S/C16H32N2O/c1-12(2)18-15(19)11-17-10-13-6-8-14(9-7-13)16(3,4)5/h12-14,17H,6-11H2,1-5H3,(H,18,19). The Balaban J connectivity index is 2.15. The summed E-state index contributed by atoms with van der Waals surface area (Å²) in [7, 11) is 0. The molecule has 1 saturated carbocycles. The van der Waals surface area contributed by atoms with Crippen molar-refractivity contribution in [2.75, 3.05) is 13.1 Å². The summed E-state index contributed by atoms with van der Waals surface area (Å²) < 4.78 is 0. The maximum Gasteiger partial charge on any atom is 0.234 e. The molecule has 0 aromatic carbocycles. The van der Waals surface area contributed by atoms with Crippen molar-refractivity contribution in [1.29, 1.82) is 0 Å². The third kappa shape index (κ3) is 6.42. The van der Waals surface area contributed by atoms with Gasteiger partial charge >= 0.3 is 0 Å². The molecule has 1 amide bonds. The molecule has 1 aliphatic rings. The van der Waals surface area contributed by atoms with Crippen LogP contribution in [0.2, 0.25) is 0 Å². The Morgan fingerprint density at radius 3 is 2.21 bits per heavy atom. The Morgan fingerprint density at radius 2 is 1.74 bits per heavy atom. The molecule has 1 aliphatic carbocycles. The smallest absolute Gasteiger partial charge is 0.234 e. The Hall–Kier alpha value is -0.570. The summed E-state index contributed by atoms with van der Waals surface area (Å²) in [6, 6.07) is 0.233. The first-order valence-electron chi connectivity index (χ1n) is 7.79. The molecule has 0 bridgehead atoms. The molecule has 0 saturated heterocycles. The molecule has 0 unspecified atom stereocenters. The number of amides is 1. The van der Waals surface area contributed by atoms with E-state index in [0.717, 1.165) is 18.4 Å². The SMILES string of the molecule is CC(C)NC(=O)CNCC1CCC(C(C)(C)C)CC1. The molecule has 0 aliphatic heterocycles. The molecule has 0 aromatic heterocycles. The van der Waals surface area contributed by atoms with E-state index in [2.05, 4.69) is 31.4 Å². The van der Waals surface area contributed by atoms with Crippen molar-refractivity contribution < 1.29 is 4.79 Å². The molecule has 1 fully saturated rings. The van der Waals surface area contributed by atoms with Crippen LogP contribution in [0.3, 0.4) is 0 Å². The fourth-order valence-corrected chi connectivity index (χ4v) is 3.00. The fraction of sp³-hybridized carbons (Fsp3) is 0.938. The number of carbonyl (C=O) groups excluding carboxylic acids is 1. The van der Waals surface area contributed by atoms with Gasteiger partial charge in [-0.25, -0.2) is 0 Å². The van der Waals surface area contributed by atoms with Crippen LogP contribution in [0.4, 0.5) is 0 Å². The van der Waals surface area contributed by atoms with Crippen molar-refractivity contribution in [1.82, 2.24) is 10.6 Å². The van der Waals surface area contributed by atoms with E-state index in [4.69, 9.17) is 0 Å². The van der Waals surface area contributed by atoms with E-state index in [1.807, 2.05) is 13.8 Å². The lowest BCUT2D eigenvalue weighted by Gasteiger charge is -2.37. The molecule has 0 atom stereocenters. The summed E-state index contributed by atoms with van der Waals surface area (Å²) in [6.07, 6.45) is 5.30. The van der Waals surface area contributed by atoms with Crippen LogP contribution in [0.25, 0.3) is 0 Å². The van der Waals surface area contributed by atoms with Gasteiger partial charge in [0.1, 0.15) is 0 Å². The Morgan fingerprint density at radius 1 is 1.16 bits per heavy atom. The second-order valence-electron chi connectivity index (χ2n) is 7.44. The Labute approximate surface area is 118 Å². The van der Waals surface area contributed by atoms with E-state index in [9.17, 15) is 4.79 Å². The van der Waals surface area contributed by atoms with Gasteiger partial charge < -0.3 is 10.6 Å². The van der Waals surface area contributed by atoms with Gasteiger partial charge in [0.25, 0.3) is 0 Å². The number of rotatable bonds is 5. The topological polar surface area (TPSA) is 41.1 Å². The van der Waals surface area contributed by atoms with Gasteiger partial charge in [0.15, 0.2) is 0 Å². The van der Waals surface area contributed by atoms with Gasteiger partial charge in [-0.15, -0.1) is 0 Å². The first-order chi connectivity index (χ1) is 8.79. The monoisotopic (exact) mass is 268 g/mol. The normalized spacial score (nSPS) is 24.5. The van der Waals surface area contributed by atoms with Crippen LogP contribution in [-0.4, -0.2) is 25.0 Å². The largest absolute Gasteiger partial charge is 0.353 e. The van der Waals surface area contributed by atoms with Gasteiger partial charge in [0, 0.05) is 6.04 Å². The second kappa shape index (κ2) is 7.28. The van der Waals surface area contributed by atoms with Crippen molar-refractivity contribution in [3.05, 3.63) is 0 Å². The highest BCUT2D eigenvalue weighted by molar-refractivity contribution is 5.78. The third-order valence-corrected chi connectivity index (χ3v) is 4.24. The van der Waals surface area contributed by atoms with Crippen molar-refractivity contribution >= 4 is 5.91 Å². The molecule has 0 heterocycles. The molecule has 3 nitrogen and oxygen atoms in total. The number of hydrogen-bond donors (Lipinski definition) is 2. The number of carbonyl (C=O) groups is 1. The molecule has 19 heavy (non-hydrogen) atoms. The van der Waals surface area contributed by atoms with Crippen molar-refractivity contribution in [2.45, 2.75) is 66.3 Å². The lowest BCUT2D eigenvalue weighted by molar-refractivity contribution is -0.120. The summed E-state index contributed by atoms with van der Waals surface area (Å²) in [5.41, 5.74) is 0.454. The molecular weight excluding hydrogens is 236 g/mol. The van der Waals surface area contributed by atoms with Gasteiger partial charge in [-0.1, -0.05) is 20.8 Å². The minimum absolute atomic E-state index is 0.110. The molecule has 0 radical (unpaired) electrons. The second-order valence-corrected chi connectivity index (χ2v) is 7.44.